The predicted octanol–water partition coefficient (Wildman–Crippen LogP) is 3.70. The molecule has 0 aliphatic carbocycles. The van der Waals surface area contributed by atoms with Crippen LogP contribution in [0.4, 0.5) is 0 Å². The molecule has 1 unspecified atom stereocenters. The van der Waals surface area contributed by atoms with Gasteiger partial charge in [0.1, 0.15) is 3.53 Å². The summed E-state index contributed by atoms with van der Waals surface area (Å²) in [5.41, 5.74) is 0. The van der Waals surface area contributed by atoms with Gasteiger partial charge in [0.25, 0.3) is 0 Å². The highest BCUT2D eigenvalue weighted by molar-refractivity contribution is 8.49. The third-order valence-electron chi connectivity index (χ3n) is 1.78. The van der Waals surface area contributed by atoms with Crippen LogP contribution in [0.25, 0.3) is 0 Å². The topological polar surface area (TPSA) is 0 Å². The van der Waals surface area contributed by atoms with Crippen molar-refractivity contribution < 1.29 is 0 Å². The van der Waals surface area contributed by atoms with E-state index in [4.69, 9.17) is 12.2 Å². The van der Waals surface area contributed by atoms with E-state index in [0.29, 0.717) is 0 Å². The Kier molecular flexibility index (Phi) is 4.88. The van der Waals surface area contributed by atoms with Gasteiger partial charge >= 0.3 is 0 Å². The molecule has 0 nitrogen and oxygen atoms in total. The van der Waals surface area contributed by atoms with Crippen molar-refractivity contribution in [3.05, 3.63) is 0 Å². The number of thioether (sulfide) groups is 2. The zero-order chi connectivity index (χ0) is 8.10. The van der Waals surface area contributed by atoms with Crippen molar-refractivity contribution in [2.24, 2.45) is 0 Å². The Labute approximate surface area is 82.9 Å². The molecule has 0 saturated carbocycles. The van der Waals surface area contributed by atoms with Crippen LogP contribution in [-0.4, -0.2) is 14.5 Å². The van der Waals surface area contributed by atoms with Gasteiger partial charge in [-0.15, -0.1) is 23.5 Å². The first-order chi connectivity index (χ1) is 5.33. The number of hydrogen-bond donors (Lipinski definition) is 0. The lowest BCUT2D eigenvalue weighted by molar-refractivity contribution is 0.669. The van der Waals surface area contributed by atoms with Crippen LogP contribution >= 0.6 is 35.7 Å². The van der Waals surface area contributed by atoms with Crippen molar-refractivity contribution in [3.63, 3.8) is 0 Å². The van der Waals surface area contributed by atoms with E-state index in [1.807, 2.05) is 23.5 Å². The van der Waals surface area contributed by atoms with Crippen LogP contribution in [0.1, 0.15) is 32.6 Å². The highest BCUT2D eigenvalue weighted by atomic mass is 32.2. The van der Waals surface area contributed by atoms with Crippen LogP contribution in [0.2, 0.25) is 0 Å². The normalized spacial score (nSPS) is 24.5. The smallest absolute Gasteiger partial charge is 0.104 e. The summed E-state index contributed by atoms with van der Waals surface area (Å²) in [5, 5.41) is 0.832. The molecule has 0 aromatic heterocycles. The molecule has 1 rings (SSSR count). The largest absolute Gasteiger partial charge is 0.107 e. The van der Waals surface area contributed by atoms with Gasteiger partial charge in [-0.3, -0.25) is 0 Å². The monoisotopic (exact) mass is 206 g/mol. The fourth-order valence-corrected chi connectivity index (χ4v) is 4.15. The van der Waals surface area contributed by atoms with Crippen molar-refractivity contribution in [1.82, 2.24) is 0 Å². The molecule has 0 spiro atoms. The van der Waals surface area contributed by atoms with Gasteiger partial charge in [0.05, 0.1) is 0 Å². The first kappa shape index (κ1) is 9.87. The highest BCUT2D eigenvalue weighted by Crippen LogP contribution is 2.35. The molecule has 0 bridgehead atoms. The molecular formula is C8H14S3. The Bertz CT molecular complexity index is 133. The number of hydrogen-bond acceptors (Lipinski definition) is 3. The van der Waals surface area contributed by atoms with Crippen molar-refractivity contribution in [1.29, 1.82) is 0 Å². The third kappa shape index (κ3) is 3.81. The minimum Gasteiger partial charge on any atom is -0.107 e. The van der Waals surface area contributed by atoms with Gasteiger partial charge in [-0.25, -0.2) is 0 Å². The Hall–Kier alpha value is 0.790. The van der Waals surface area contributed by atoms with Crippen molar-refractivity contribution in [2.75, 3.05) is 5.75 Å². The molecule has 1 atom stereocenters. The minimum absolute atomic E-state index is 0.832. The molecule has 11 heavy (non-hydrogen) atoms. The second-order valence-corrected chi connectivity index (χ2v) is 6.32. The molecule has 3 heteroatoms. The fourth-order valence-electron chi connectivity index (χ4n) is 1.13. The minimum atomic E-state index is 0.832. The summed E-state index contributed by atoms with van der Waals surface area (Å²) in [4.78, 5) is 0. The van der Waals surface area contributed by atoms with Crippen molar-refractivity contribution in [2.45, 2.75) is 37.9 Å². The van der Waals surface area contributed by atoms with Gasteiger partial charge in [0, 0.05) is 11.0 Å². The lowest BCUT2D eigenvalue weighted by Gasteiger charge is -2.04. The van der Waals surface area contributed by atoms with Gasteiger partial charge in [-0.1, -0.05) is 38.4 Å². The highest BCUT2D eigenvalue weighted by Gasteiger charge is 2.19. The molecule has 1 saturated heterocycles. The quantitative estimate of drug-likeness (QED) is 0.508. The molecule has 0 amide bonds. The summed E-state index contributed by atoms with van der Waals surface area (Å²) in [6.07, 6.45) is 5.46. The second kappa shape index (κ2) is 5.44. The maximum Gasteiger partial charge on any atom is 0.104 e. The average molecular weight is 206 g/mol. The van der Waals surface area contributed by atoms with E-state index in [9.17, 15) is 0 Å². The average Bonchev–Trinajstić information content (AvgIpc) is 2.37. The van der Waals surface area contributed by atoms with Gasteiger partial charge < -0.3 is 0 Å². The van der Waals surface area contributed by atoms with E-state index >= 15 is 0 Å². The number of rotatable bonds is 4. The number of unbranched alkanes of at least 4 members (excludes halogenated alkanes) is 2. The standard InChI is InChI=1S/C8H14S3/c1-2-3-4-5-7-6-10-8(9)11-7/h7H,2-6H2,1H3. The fraction of sp³-hybridized carbons (Fsp3) is 0.875. The summed E-state index contributed by atoms with van der Waals surface area (Å²) in [6.45, 7) is 2.25. The van der Waals surface area contributed by atoms with Gasteiger partial charge in [-0.2, -0.15) is 0 Å². The maximum absolute atomic E-state index is 5.10. The lowest BCUT2D eigenvalue weighted by Crippen LogP contribution is -1.99. The molecular weight excluding hydrogens is 192 g/mol. The zero-order valence-electron chi connectivity index (χ0n) is 6.84. The van der Waals surface area contributed by atoms with E-state index in [2.05, 4.69) is 6.92 Å². The molecule has 0 aromatic rings. The van der Waals surface area contributed by atoms with Crippen LogP contribution < -0.4 is 0 Å². The summed E-state index contributed by atoms with van der Waals surface area (Å²) in [7, 11) is 0. The Balaban J connectivity index is 2.04. The van der Waals surface area contributed by atoms with E-state index in [0.717, 1.165) is 8.78 Å². The molecule has 1 heterocycles. The van der Waals surface area contributed by atoms with Gasteiger partial charge in [0.15, 0.2) is 0 Å². The summed E-state index contributed by atoms with van der Waals surface area (Å²) in [5.74, 6) is 1.26. The van der Waals surface area contributed by atoms with Crippen LogP contribution in [-0.2, 0) is 0 Å². The molecule has 64 valence electrons. The third-order valence-corrected chi connectivity index (χ3v) is 5.01. The van der Waals surface area contributed by atoms with Crippen LogP contribution in [0, 0.1) is 0 Å². The molecule has 1 fully saturated rings. The van der Waals surface area contributed by atoms with Crippen LogP contribution in [0.5, 0.6) is 0 Å². The Morgan fingerprint density at radius 3 is 2.91 bits per heavy atom. The molecule has 0 aromatic carbocycles. The molecule has 1 aliphatic heterocycles. The van der Waals surface area contributed by atoms with Gasteiger partial charge in [-0.05, 0) is 6.42 Å². The first-order valence-electron chi connectivity index (χ1n) is 4.16. The summed E-state index contributed by atoms with van der Waals surface area (Å²) < 4.78 is 1.16. The Morgan fingerprint density at radius 2 is 2.36 bits per heavy atom. The Morgan fingerprint density at radius 1 is 1.55 bits per heavy atom. The zero-order valence-corrected chi connectivity index (χ0v) is 9.29. The maximum atomic E-state index is 5.10. The molecule has 0 radical (unpaired) electrons. The first-order valence-corrected chi connectivity index (χ1v) is 6.43. The van der Waals surface area contributed by atoms with E-state index in [1.165, 1.54) is 31.4 Å². The van der Waals surface area contributed by atoms with Crippen LogP contribution in [0.15, 0.2) is 0 Å². The summed E-state index contributed by atoms with van der Waals surface area (Å²) in [6, 6.07) is 0. The molecule has 1 aliphatic rings. The van der Waals surface area contributed by atoms with Crippen molar-refractivity contribution >= 4 is 39.3 Å². The second-order valence-electron chi connectivity index (χ2n) is 2.80. The summed E-state index contributed by atoms with van der Waals surface area (Å²) >= 11 is 8.87. The SMILES string of the molecule is CCCCCC1CSC(=S)S1. The predicted molar refractivity (Wildman–Crippen MR) is 60.6 cm³/mol. The van der Waals surface area contributed by atoms with Crippen LogP contribution in [0.3, 0.4) is 0 Å². The molecule has 0 N–H and O–H groups in total. The van der Waals surface area contributed by atoms with E-state index in [-0.39, 0.29) is 0 Å². The lowest BCUT2D eigenvalue weighted by atomic mass is 10.2. The van der Waals surface area contributed by atoms with Crippen molar-refractivity contribution in [3.8, 4) is 0 Å². The number of thiocarbonyl (C=S) groups is 1. The van der Waals surface area contributed by atoms with E-state index < -0.39 is 0 Å². The van der Waals surface area contributed by atoms with E-state index in [1.54, 1.807) is 0 Å². The van der Waals surface area contributed by atoms with Gasteiger partial charge in [0.2, 0.25) is 0 Å².